The summed E-state index contributed by atoms with van der Waals surface area (Å²) in [5.41, 5.74) is 0. The molecule has 0 spiro atoms. The lowest BCUT2D eigenvalue weighted by atomic mass is 9.79. The minimum absolute atomic E-state index is 0.332. The Morgan fingerprint density at radius 3 is 2.61 bits per heavy atom. The van der Waals surface area contributed by atoms with Crippen LogP contribution in [0.2, 0.25) is 0 Å². The zero-order chi connectivity index (χ0) is 13.1. The second-order valence-corrected chi connectivity index (χ2v) is 6.40. The third-order valence-electron chi connectivity index (χ3n) is 5.30. The Morgan fingerprint density at radius 1 is 1.17 bits per heavy atom. The summed E-state index contributed by atoms with van der Waals surface area (Å²) >= 11 is 0. The number of ketones is 1. The lowest BCUT2D eigenvalue weighted by Crippen LogP contribution is -2.42. The van der Waals surface area contributed by atoms with Crippen LogP contribution in [0.1, 0.15) is 65.7 Å². The first-order valence-corrected chi connectivity index (χ1v) is 7.94. The number of Topliss-reactive ketones (excluding diaryl/α,β-unsaturated/α-hetero) is 1. The summed E-state index contributed by atoms with van der Waals surface area (Å²) in [6.07, 6.45) is 8.25. The SMILES string of the molecule is CCC1CCC(=O)C(CN2C(C)CCC2CC)C1. The van der Waals surface area contributed by atoms with E-state index in [1.807, 2.05) is 0 Å². The summed E-state index contributed by atoms with van der Waals surface area (Å²) in [7, 11) is 0. The second kappa shape index (κ2) is 6.18. The Labute approximate surface area is 112 Å². The molecule has 18 heavy (non-hydrogen) atoms. The fourth-order valence-electron chi connectivity index (χ4n) is 3.90. The fraction of sp³-hybridized carbons (Fsp3) is 0.938. The van der Waals surface area contributed by atoms with Gasteiger partial charge in [-0.25, -0.2) is 0 Å². The number of hydrogen-bond acceptors (Lipinski definition) is 2. The van der Waals surface area contributed by atoms with Crippen LogP contribution in [0.3, 0.4) is 0 Å². The van der Waals surface area contributed by atoms with Gasteiger partial charge in [0.05, 0.1) is 0 Å². The van der Waals surface area contributed by atoms with E-state index in [4.69, 9.17) is 0 Å². The molecule has 1 aliphatic carbocycles. The molecule has 104 valence electrons. The first-order chi connectivity index (χ1) is 8.65. The maximum Gasteiger partial charge on any atom is 0.137 e. The van der Waals surface area contributed by atoms with Gasteiger partial charge in [0.25, 0.3) is 0 Å². The molecule has 2 aliphatic rings. The van der Waals surface area contributed by atoms with Crippen LogP contribution in [0.25, 0.3) is 0 Å². The van der Waals surface area contributed by atoms with Crippen LogP contribution in [0.5, 0.6) is 0 Å². The van der Waals surface area contributed by atoms with Crippen molar-refractivity contribution < 1.29 is 4.79 Å². The molecule has 4 atom stereocenters. The van der Waals surface area contributed by atoms with E-state index in [9.17, 15) is 4.79 Å². The van der Waals surface area contributed by atoms with Crippen LogP contribution in [-0.2, 0) is 4.79 Å². The third kappa shape index (κ3) is 2.96. The monoisotopic (exact) mass is 251 g/mol. The minimum Gasteiger partial charge on any atom is -0.299 e. The topological polar surface area (TPSA) is 20.3 Å². The Balaban J connectivity index is 1.96. The molecule has 0 aromatic carbocycles. The van der Waals surface area contributed by atoms with E-state index >= 15 is 0 Å². The molecule has 0 aromatic heterocycles. The van der Waals surface area contributed by atoms with Crippen molar-refractivity contribution in [2.45, 2.75) is 77.8 Å². The highest BCUT2D eigenvalue weighted by Crippen LogP contribution is 2.33. The van der Waals surface area contributed by atoms with Crippen molar-refractivity contribution in [3.63, 3.8) is 0 Å². The second-order valence-electron chi connectivity index (χ2n) is 6.40. The largest absolute Gasteiger partial charge is 0.299 e. The van der Waals surface area contributed by atoms with E-state index in [1.54, 1.807) is 0 Å². The summed E-state index contributed by atoms with van der Waals surface area (Å²) in [5, 5.41) is 0. The molecule has 0 amide bonds. The van der Waals surface area contributed by atoms with Gasteiger partial charge in [0, 0.05) is 31.0 Å². The van der Waals surface area contributed by atoms with Crippen LogP contribution < -0.4 is 0 Å². The Bertz CT molecular complexity index is 289. The van der Waals surface area contributed by atoms with Gasteiger partial charge >= 0.3 is 0 Å². The van der Waals surface area contributed by atoms with Crippen LogP contribution in [0, 0.1) is 11.8 Å². The molecule has 0 aromatic rings. The van der Waals surface area contributed by atoms with Crippen LogP contribution in [-0.4, -0.2) is 29.3 Å². The van der Waals surface area contributed by atoms with Crippen molar-refractivity contribution >= 4 is 5.78 Å². The Kier molecular flexibility index (Phi) is 4.83. The summed E-state index contributed by atoms with van der Waals surface area (Å²) < 4.78 is 0. The van der Waals surface area contributed by atoms with Gasteiger partial charge in [-0.1, -0.05) is 20.3 Å². The summed E-state index contributed by atoms with van der Waals surface area (Å²) in [4.78, 5) is 14.7. The molecule has 2 heteroatoms. The first-order valence-electron chi connectivity index (χ1n) is 7.94. The van der Waals surface area contributed by atoms with E-state index < -0.39 is 0 Å². The van der Waals surface area contributed by atoms with Crippen molar-refractivity contribution in [2.24, 2.45) is 11.8 Å². The molecule has 0 N–H and O–H groups in total. The number of nitrogens with zero attached hydrogens (tertiary/aromatic N) is 1. The maximum atomic E-state index is 12.1. The van der Waals surface area contributed by atoms with E-state index in [-0.39, 0.29) is 0 Å². The molecule has 1 heterocycles. The van der Waals surface area contributed by atoms with Crippen LogP contribution >= 0.6 is 0 Å². The van der Waals surface area contributed by atoms with E-state index in [1.165, 1.54) is 25.7 Å². The zero-order valence-corrected chi connectivity index (χ0v) is 12.3. The molecule has 1 aliphatic heterocycles. The van der Waals surface area contributed by atoms with Crippen molar-refractivity contribution in [2.75, 3.05) is 6.54 Å². The Morgan fingerprint density at radius 2 is 1.94 bits per heavy atom. The van der Waals surface area contributed by atoms with Crippen molar-refractivity contribution in [3.05, 3.63) is 0 Å². The molecule has 1 saturated carbocycles. The van der Waals surface area contributed by atoms with Gasteiger partial charge in [0.15, 0.2) is 0 Å². The molecule has 2 fully saturated rings. The fourth-order valence-corrected chi connectivity index (χ4v) is 3.90. The first kappa shape index (κ1) is 14.0. The highest BCUT2D eigenvalue weighted by molar-refractivity contribution is 5.82. The maximum absolute atomic E-state index is 12.1. The van der Waals surface area contributed by atoms with E-state index in [2.05, 4.69) is 25.7 Å². The molecular formula is C16H29NO. The molecule has 4 unspecified atom stereocenters. The lowest BCUT2D eigenvalue weighted by molar-refractivity contribution is -0.126. The molecule has 0 radical (unpaired) electrons. The lowest BCUT2D eigenvalue weighted by Gasteiger charge is -2.34. The zero-order valence-electron chi connectivity index (χ0n) is 12.3. The molecule has 2 nitrogen and oxygen atoms in total. The smallest absolute Gasteiger partial charge is 0.137 e. The van der Waals surface area contributed by atoms with Gasteiger partial charge in [-0.05, 0) is 44.9 Å². The van der Waals surface area contributed by atoms with Gasteiger partial charge in [-0.15, -0.1) is 0 Å². The van der Waals surface area contributed by atoms with Gasteiger partial charge in [0.1, 0.15) is 5.78 Å². The summed E-state index contributed by atoms with van der Waals surface area (Å²) in [6.45, 7) is 7.92. The van der Waals surface area contributed by atoms with Crippen LogP contribution in [0.4, 0.5) is 0 Å². The summed E-state index contributed by atoms with van der Waals surface area (Å²) in [5.74, 6) is 1.66. The molecule has 0 bridgehead atoms. The third-order valence-corrected chi connectivity index (χ3v) is 5.30. The predicted octanol–water partition coefficient (Wildman–Crippen LogP) is 3.64. The number of carbonyl (C=O) groups is 1. The van der Waals surface area contributed by atoms with Crippen LogP contribution in [0.15, 0.2) is 0 Å². The molecule has 1 saturated heterocycles. The van der Waals surface area contributed by atoms with Gasteiger partial charge < -0.3 is 0 Å². The average Bonchev–Trinajstić information content (AvgIpc) is 2.73. The Hall–Kier alpha value is -0.370. The van der Waals surface area contributed by atoms with Gasteiger partial charge in [0.2, 0.25) is 0 Å². The predicted molar refractivity (Wildman–Crippen MR) is 75.6 cm³/mol. The number of hydrogen-bond donors (Lipinski definition) is 0. The van der Waals surface area contributed by atoms with Crippen molar-refractivity contribution in [1.82, 2.24) is 4.90 Å². The minimum atomic E-state index is 0.332. The number of carbonyl (C=O) groups excluding carboxylic acids is 1. The highest BCUT2D eigenvalue weighted by atomic mass is 16.1. The normalized spacial score (nSPS) is 38.3. The highest BCUT2D eigenvalue weighted by Gasteiger charge is 2.35. The number of rotatable bonds is 4. The summed E-state index contributed by atoms with van der Waals surface area (Å²) in [6, 6.07) is 1.42. The number of likely N-dealkylation sites (tertiary alicyclic amines) is 1. The van der Waals surface area contributed by atoms with Crippen molar-refractivity contribution in [3.8, 4) is 0 Å². The van der Waals surface area contributed by atoms with Gasteiger partial charge in [-0.2, -0.15) is 0 Å². The van der Waals surface area contributed by atoms with Gasteiger partial charge in [-0.3, -0.25) is 9.69 Å². The standard InChI is InChI=1S/C16H29NO/c1-4-13-7-9-16(18)14(10-13)11-17-12(3)6-8-15(17)5-2/h12-15H,4-11H2,1-3H3. The van der Waals surface area contributed by atoms with E-state index in [0.717, 1.165) is 37.8 Å². The quantitative estimate of drug-likeness (QED) is 0.760. The average molecular weight is 251 g/mol. The molecule has 2 rings (SSSR count). The van der Waals surface area contributed by atoms with E-state index in [0.29, 0.717) is 17.7 Å². The molecular weight excluding hydrogens is 222 g/mol. The van der Waals surface area contributed by atoms with Crippen molar-refractivity contribution in [1.29, 1.82) is 0 Å².